The molecule has 4 nitrogen and oxygen atoms in total. The first-order valence-electron chi connectivity index (χ1n) is 6.78. The summed E-state index contributed by atoms with van der Waals surface area (Å²) < 4.78 is 37.7. The van der Waals surface area contributed by atoms with Gasteiger partial charge >= 0.3 is 12.1 Å². The lowest BCUT2D eigenvalue weighted by Crippen LogP contribution is -2.44. The molecule has 0 radical (unpaired) electrons. The molecule has 0 aliphatic carbocycles. The van der Waals surface area contributed by atoms with Crippen molar-refractivity contribution in [3.8, 4) is 0 Å². The molecule has 1 atom stereocenters. The van der Waals surface area contributed by atoms with Gasteiger partial charge in [0.05, 0.1) is 17.0 Å². The van der Waals surface area contributed by atoms with E-state index in [0.717, 1.165) is 12.1 Å². The molecule has 1 aromatic rings. The maximum atomic E-state index is 12.6. The van der Waals surface area contributed by atoms with Crippen LogP contribution >= 0.6 is 0 Å². The number of benzene rings is 1. The molecule has 0 saturated carbocycles. The molecular formula is C16H18F3NO3. The first-order valence-corrected chi connectivity index (χ1v) is 6.78. The van der Waals surface area contributed by atoms with Gasteiger partial charge in [0.15, 0.2) is 0 Å². The number of nitrogens with one attached hydrogen (secondary N) is 1. The first-order chi connectivity index (χ1) is 10.4. The van der Waals surface area contributed by atoms with Crippen LogP contribution in [0.3, 0.4) is 0 Å². The van der Waals surface area contributed by atoms with Gasteiger partial charge in [-0.2, -0.15) is 13.2 Å². The zero-order valence-corrected chi connectivity index (χ0v) is 13.0. The normalized spacial score (nSPS) is 13.3. The monoisotopic (exact) mass is 329 g/mol. The van der Waals surface area contributed by atoms with Gasteiger partial charge in [0, 0.05) is 5.57 Å². The average molecular weight is 329 g/mol. The minimum Gasteiger partial charge on any atom is -0.478 e. The Bertz CT molecular complexity index is 618. The van der Waals surface area contributed by atoms with Crippen LogP contribution in [0.5, 0.6) is 0 Å². The molecule has 23 heavy (non-hydrogen) atoms. The maximum Gasteiger partial charge on any atom is 0.416 e. The molecule has 2 N–H and O–H groups in total. The second kappa shape index (κ2) is 6.44. The van der Waals surface area contributed by atoms with Crippen molar-refractivity contribution in [2.24, 2.45) is 5.92 Å². The highest BCUT2D eigenvalue weighted by Crippen LogP contribution is 2.31. The Morgan fingerprint density at radius 3 is 1.96 bits per heavy atom. The molecule has 0 heterocycles. The summed E-state index contributed by atoms with van der Waals surface area (Å²) in [6.45, 7) is 7.96. The number of carbonyl (C=O) groups excluding carboxylic acids is 1. The molecule has 0 fully saturated rings. The second-order valence-corrected chi connectivity index (χ2v) is 5.74. The number of hydrogen-bond acceptors (Lipinski definition) is 2. The molecule has 0 saturated heterocycles. The third-order valence-corrected chi connectivity index (χ3v) is 3.56. The number of hydrogen-bond donors (Lipinski definition) is 2. The van der Waals surface area contributed by atoms with E-state index in [4.69, 9.17) is 5.11 Å². The number of carboxylic acids is 1. The molecule has 1 rings (SSSR count). The first kappa shape index (κ1) is 18.7. The number of carbonyl (C=O) groups is 2. The van der Waals surface area contributed by atoms with Crippen LogP contribution in [-0.2, 0) is 21.3 Å². The van der Waals surface area contributed by atoms with Crippen LogP contribution in [0.4, 0.5) is 13.2 Å². The number of carboxylic acid groups (broad SMARTS) is 1. The maximum absolute atomic E-state index is 12.6. The van der Waals surface area contributed by atoms with Crippen molar-refractivity contribution in [3.05, 3.63) is 47.5 Å². The molecule has 126 valence electrons. The van der Waals surface area contributed by atoms with E-state index >= 15 is 0 Å². The number of aliphatic carboxylic acids is 1. The molecule has 1 unspecified atom stereocenters. The number of alkyl halides is 3. The highest BCUT2D eigenvalue weighted by atomic mass is 19.4. The lowest BCUT2D eigenvalue weighted by atomic mass is 9.91. The SMILES string of the molecule is C=C(C(=O)O)C(C)C(=O)NC(C)(C)c1ccc(C(F)(F)F)cc1. The summed E-state index contributed by atoms with van der Waals surface area (Å²) >= 11 is 0. The van der Waals surface area contributed by atoms with E-state index in [-0.39, 0.29) is 5.57 Å². The number of rotatable bonds is 5. The minimum atomic E-state index is -4.43. The van der Waals surface area contributed by atoms with E-state index < -0.39 is 35.1 Å². The third-order valence-electron chi connectivity index (χ3n) is 3.56. The van der Waals surface area contributed by atoms with Gasteiger partial charge in [-0.25, -0.2) is 4.79 Å². The molecule has 0 bridgehead atoms. The van der Waals surface area contributed by atoms with Gasteiger partial charge in [0.1, 0.15) is 0 Å². The van der Waals surface area contributed by atoms with Crippen LogP contribution in [0, 0.1) is 5.92 Å². The van der Waals surface area contributed by atoms with E-state index in [1.165, 1.54) is 19.1 Å². The quantitative estimate of drug-likeness (QED) is 0.814. The van der Waals surface area contributed by atoms with Crippen LogP contribution in [-0.4, -0.2) is 17.0 Å². The van der Waals surface area contributed by atoms with E-state index in [1.54, 1.807) is 13.8 Å². The molecule has 1 aromatic carbocycles. The van der Waals surface area contributed by atoms with Crippen LogP contribution < -0.4 is 5.32 Å². The van der Waals surface area contributed by atoms with Crippen LogP contribution in [0.2, 0.25) is 0 Å². The zero-order chi connectivity index (χ0) is 18.0. The summed E-state index contributed by atoms with van der Waals surface area (Å²) in [5, 5.41) is 11.5. The van der Waals surface area contributed by atoms with Crippen molar-refractivity contribution < 1.29 is 27.9 Å². The Balaban J connectivity index is 2.93. The Kier molecular flexibility index (Phi) is 5.24. The van der Waals surface area contributed by atoms with E-state index in [0.29, 0.717) is 5.56 Å². The van der Waals surface area contributed by atoms with Gasteiger partial charge < -0.3 is 10.4 Å². The van der Waals surface area contributed by atoms with Crippen molar-refractivity contribution in [3.63, 3.8) is 0 Å². The van der Waals surface area contributed by atoms with Crippen molar-refractivity contribution >= 4 is 11.9 Å². The summed E-state index contributed by atoms with van der Waals surface area (Å²) in [6, 6.07) is 4.42. The summed E-state index contributed by atoms with van der Waals surface area (Å²) in [5.41, 5.74) is -1.54. The van der Waals surface area contributed by atoms with E-state index in [2.05, 4.69) is 11.9 Å². The van der Waals surface area contributed by atoms with Crippen molar-refractivity contribution in [1.82, 2.24) is 5.32 Å². The van der Waals surface area contributed by atoms with Crippen LogP contribution in [0.15, 0.2) is 36.4 Å². The van der Waals surface area contributed by atoms with Crippen molar-refractivity contribution in [1.29, 1.82) is 0 Å². The summed E-state index contributed by atoms with van der Waals surface area (Å²) in [6.07, 6.45) is -4.43. The van der Waals surface area contributed by atoms with Gasteiger partial charge in [-0.15, -0.1) is 0 Å². The Hall–Kier alpha value is -2.31. The largest absolute Gasteiger partial charge is 0.478 e. The highest BCUT2D eigenvalue weighted by molar-refractivity contribution is 5.95. The minimum absolute atomic E-state index is 0.259. The van der Waals surface area contributed by atoms with Gasteiger partial charge in [-0.3, -0.25) is 4.79 Å². The highest BCUT2D eigenvalue weighted by Gasteiger charge is 2.32. The van der Waals surface area contributed by atoms with Gasteiger partial charge in [-0.1, -0.05) is 18.7 Å². The van der Waals surface area contributed by atoms with Crippen LogP contribution in [0.25, 0.3) is 0 Å². The Labute approximate surface area is 132 Å². The fourth-order valence-electron chi connectivity index (χ4n) is 1.91. The van der Waals surface area contributed by atoms with E-state index in [1.807, 2.05) is 0 Å². The lowest BCUT2D eigenvalue weighted by Gasteiger charge is -2.29. The Morgan fingerprint density at radius 2 is 1.57 bits per heavy atom. The second-order valence-electron chi connectivity index (χ2n) is 5.74. The van der Waals surface area contributed by atoms with Gasteiger partial charge in [-0.05, 0) is 38.5 Å². The fraction of sp³-hybridized carbons (Fsp3) is 0.375. The van der Waals surface area contributed by atoms with Gasteiger partial charge in [0.25, 0.3) is 0 Å². The number of halogens is 3. The summed E-state index contributed by atoms with van der Waals surface area (Å²) in [5.74, 6) is -2.80. The molecule has 0 aromatic heterocycles. The topological polar surface area (TPSA) is 66.4 Å². The number of amides is 1. The molecule has 1 amide bonds. The molecular weight excluding hydrogens is 311 g/mol. The molecule has 0 aliphatic heterocycles. The smallest absolute Gasteiger partial charge is 0.416 e. The zero-order valence-electron chi connectivity index (χ0n) is 13.0. The van der Waals surface area contributed by atoms with Gasteiger partial charge in [0.2, 0.25) is 5.91 Å². The van der Waals surface area contributed by atoms with Crippen LogP contribution in [0.1, 0.15) is 31.9 Å². The standard InChI is InChI=1S/C16H18F3NO3/c1-9(10(2)14(22)23)13(21)20-15(3,4)11-5-7-12(8-6-11)16(17,18)19/h5-9H,2H2,1,3-4H3,(H,20,21)(H,22,23). The van der Waals surface area contributed by atoms with Crippen molar-refractivity contribution in [2.75, 3.05) is 0 Å². The predicted molar refractivity (Wildman–Crippen MR) is 78.6 cm³/mol. The predicted octanol–water partition coefficient (Wildman–Crippen LogP) is 3.33. The Morgan fingerprint density at radius 1 is 1.13 bits per heavy atom. The molecule has 0 spiro atoms. The molecule has 7 heteroatoms. The van der Waals surface area contributed by atoms with Crippen molar-refractivity contribution in [2.45, 2.75) is 32.5 Å². The fourth-order valence-corrected chi connectivity index (χ4v) is 1.91. The average Bonchev–Trinajstić information content (AvgIpc) is 2.44. The summed E-state index contributed by atoms with van der Waals surface area (Å²) in [4.78, 5) is 22.9. The summed E-state index contributed by atoms with van der Waals surface area (Å²) in [7, 11) is 0. The molecule has 0 aliphatic rings. The third kappa shape index (κ3) is 4.58. The van der Waals surface area contributed by atoms with E-state index in [9.17, 15) is 22.8 Å². The lowest BCUT2D eigenvalue weighted by molar-refractivity contribution is -0.137.